The van der Waals surface area contributed by atoms with Gasteiger partial charge in [-0.1, -0.05) is 0 Å². The lowest BCUT2D eigenvalue weighted by atomic mass is 10.4. The molecule has 1 aromatic heterocycles. The molecular formula is C9H14ClN5S. The minimum absolute atomic E-state index is 0.281. The summed E-state index contributed by atoms with van der Waals surface area (Å²) >= 11 is 7.62. The van der Waals surface area contributed by atoms with Gasteiger partial charge in [-0.3, -0.25) is 0 Å². The van der Waals surface area contributed by atoms with E-state index in [1.54, 1.807) is 0 Å². The van der Waals surface area contributed by atoms with Crippen LogP contribution in [0.1, 0.15) is 5.82 Å². The molecule has 0 bridgehead atoms. The molecule has 88 valence electrons. The zero-order valence-corrected chi connectivity index (χ0v) is 10.5. The fraction of sp³-hybridized carbons (Fsp3) is 0.667. The number of rotatable bonds is 3. The van der Waals surface area contributed by atoms with Crippen molar-refractivity contribution < 1.29 is 0 Å². The maximum absolute atomic E-state index is 5.67. The molecular weight excluding hydrogens is 246 g/mol. The third kappa shape index (κ3) is 2.89. The van der Waals surface area contributed by atoms with Crippen LogP contribution >= 0.6 is 23.4 Å². The number of aryl methyl sites for hydroxylation is 1. The normalized spacial score (nSPS) is 16.4. The number of anilines is 2. The first-order chi connectivity index (χ1) is 7.79. The second-order valence-electron chi connectivity index (χ2n) is 3.45. The highest BCUT2D eigenvalue weighted by molar-refractivity contribution is 7.99. The largest absolute Gasteiger partial charge is 0.368 e. The predicted octanol–water partition coefficient (Wildman–Crippen LogP) is 0.788. The van der Waals surface area contributed by atoms with Crippen LogP contribution < -0.4 is 10.6 Å². The smallest absolute Gasteiger partial charge is 0.230 e. The quantitative estimate of drug-likeness (QED) is 0.810. The van der Waals surface area contributed by atoms with E-state index in [1.807, 2.05) is 11.8 Å². The van der Waals surface area contributed by atoms with Gasteiger partial charge >= 0.3 is 0 Å². The van der Waals surface area contributed by atoms with Crippen molar-refractivity contribution in [3.8, 4) is 0 Å². The van der Waals surface area contributed by atoms with E-state index < -0.39 is 0 Å². The van der Waals surface area contributed by atoms with Crippen molar-refractivity contribution in [2.75, 3.05) is 41.1 Å². The second-order valence-corrected chi connectivity index (χ2v) is 5.05. The van der Waals surface area contributed by atoms with Gasteiger partial charge in [-0.25, -0.2) is 0 Å². The minimum Gasteiger partial charge on any atom is -0.368 e. The number of nitrogens with zero attached hydrogens (tertiary/aromatic N) is 4. The fourth-order valence-corrected chi connectivity index (χ4v) is 2.60. The van der Waals surface area contributed by atoms with Gasteiger partial charge in [-0.05, 0) is 0 Å². The lowest BCUT2D eigenvalue weighted by Crippen LogP contribution is -2.34. The van der Waals surface area contributed by atoms with Gasteiger partial charge in [0.25, 0.3) is 0 Å². The molecule has 0 atom stereocenters. The van der Waals surface area contributed by atoms with Crippen molar-refractivity contribution in [1.29, 1.82) is 0 Å². The zero-order chi connectivity index (χ0) is 11.4. The molecule has 0 radical (unpaired) electrons. The van der Waals surface area contributed by atoms with Gasteiger partial charge < -0.3 is 10.6 Å². The predicted molar refractivity (Wildman–Crippen MR) is 68.2 cm³/mol. The van der Waals surface area contributed by atoms with Gasteiger partial charge in [-0.2, -0.15) is 26.7 Å². The molecule has 0 aromatic carbocycles. The summed E-state index contributed by atoms with van der Waals surface area (Å²) in [4.78, 5) is 14.7. The Bertz CT molecular complexity index is 356. The van der Waals surface area contributed by atoms with Crippen LogP contribution in [0.15, 0.2) is 0 Å². The van der Waals surface area contributed by atoms with Gasteiger partial charge in [-0.15, -0.1) is 11.6 Å². The molecule has 16 heavy (non-hydrogen) atoms. The number of nitrogen functional groups attached to an aromatic ring is 1. The van der Waals surface area contributed by atoms with Crippen molar-refractivity contribution in [2.24, 2.45) is 0 Å². The molecule has 0 saturated carbocycles. The van der Waals surface area contributed by atoms with Gasteiger partial charge in [0.2, 0.25) is 11.9 Å². The Balaban J connectivity index is 2.18. The molecule has 2 N–H and O–H groups in total. The van der Waals surface area contributed by atoms with E-state index in [2.05, 4.69) is 19.9 Å². The van der Waals surface area contributed by atoms with Crippen LogP contribution in [-0.4, -0.2) is 45.4 Å². The van der Waals surface area contributed by atoms with E-state index >= 15 is 0 Å². The van der Waals surface area contributed by atoms with E-state index in [4.69, 9.17) is 17.3 Å². The van der Waals surface area contributed by atoms with Gasteiger partial charge in [0.1, 0.15) is 5.82 Å². The number of thioether (sulfide) groups is 1. The second kappa shape index (κ2) is 5.54. The molecule has 5 nitrogen and oxygen atoms in total. The molecule has 7 heteroatoms. The molecule has 1 aliphatic heterocycles. The Morgan fingerprint density at radius 3 is 2.69 bits per heavy atom. The first kappa shape index (κ1) is 11.7. The summed E-state index contributed by atoms with van der Waals surface area (Å²) in [6.07, 6.45) is 0.629. The van der Waals surface area contributed by atoms with E-state index in [1.165, 1.54) is 0 Å². The lowest BCUT2D eigenvalue weighted by Gasteiger charge is -2.26. The Morgan fingerprint density at radius 1 is 1.25 bits per heavy atom. The monoisotopic (exact) mass is 259 g/mol. The van der Waals surface area contributed by atoms with E-state index in [0.29, 0.717) is 24.1 Å². The van der Waals surface area contributed by atoms with Gasteiger partial charge in [0.05, 0.1) is 0 Å². The molecule has 0 aliphatic carbocycles. The van der Waals surface area contributed by atoms with Crippen LogP contribution in [-0.2, 0) is 6.42 Å². The summed E-state index contributed by atoms with van der Waals surface area (Å²) < 4.78 is 0. The van der Waals surface area contributed by atoms with Gasteiger partial charge in [0.15, 0.2) is 0 Å². The number of hydrogen-bond acceptors (Lipinski definition) is 6. The molecule has 1 saturated heterocycles. The van der Waals surface area contributed by atoms with Crippen LogP contribution in [0.5, 0.6) is 0 Å². The third-order valence-electron chi connectivity index (χ3n) is 2.30. The topological polar surface area (TPSA) is 67.9 Å². The molecule has 1 aliphatic rings. The van der Waals surface area contributed by atoms with Crippen LogP contribution in [0.25, 0.3) is 0 Å². The summed E-state index contributed by atoms with van der Waals surface area (Å²) in [5, 5.41) is 0. The van der Waals surface area contributed by atoms with Crippen LogP contribution in [0.2, 0.25) is 0 Å². The number of nitrogens with two attached hydrogens (primary N) is 1. The summed E-state index contributed by atoms with van der Waals surface area (Å²) in [6.45, 7) is 1.93. The first-order valence-electron chi connectivity index (χ1n) is 5.18. The van der Waals surface area contributed by atoms with Crippen molar-refractivity contribution >= 4 is 35.3 Å². The maximum atomic E-state index is 5.67. The lowest BCUT2D eigenvalue weighted by molar-refractivity contribution is 0.789. The van der Waals surface area contributed by atoms with Crippen LogP contribution in [0, 0.1) is 0 Å². The molecule has 0 amide bonds. The number of halogens is 1. The third-order valence-corrected chi connectivity index (χ3v) is 3.43. The highest BCUT2D eigenvalue weighted by atomic mass is 35.5. The molecule has 1 fully saturated rings. The number of aromatic nitrogens is 3. The Hall–Kier alpha value is -0.750. The van der Waals surface area contributed by atoms with Crippen molar-refractivity contribution in [3.05, 3.63) is 5.82 Å². The Kier molecular flexibility index (Phi) is 4.06. The molecule has 1 aromatic rings. The number of alkyl halides is 1. The number of hydrogen-bond donors (Lipinski definition) is 1. The molecule has 2 heterocycles. The van der Waals surface area contributed by atoms with Gasteiger partial charge in [0, 0.05) is 36.9 Å². The summed E-state index contributed by atoms with van der Waals surface area (Å²) in [7, 11) is 0. The zero-order valence-electron chi connectivity index (χ0n) is 8.90. The standard InChI is InChI=1S/C9H14ClN5S/c10-2-1-7-12-8(11)14-9(13-7)15-3-5-16-6-4-15/h1-6H2,(H2,11,12,13,14). The molecule has 0 unspecified atom stereocenters. The fourth-order valence-electron chi connectivity index (χ4n) is 1.53. The van der Waals surface area contributed by atoms with Crippen LogP contribution in [0.4, 0.5) is 11.9 Å². The molecule has 0 spiro atoms. The Morgan fingerprint density at radius 2 is 2.00 bits per heavy atom. The van der Waals surface area contributed by atoms with E-state index in [9.17, 15) is 0 Å². The summed E-state index contributed by atoms with van der Waals surface area (Å²) in [5.74, 6) is 4.36. The van der Waals surface area contributed by atoms with Crippen LogP contribution in [0.3, 0.4) is 0 Å². The average molecular weight is 260 g/mol. The van der Waals surface area contributed by atoms with E-state index in [-0.39, 0.29) is 5.95 Å². The Labute approximate surface area is 104 Å². The van der Waals surface area contributed by atoms with Crippen molar-refractivity contribution in [2.45, 2.75) is 6.42 Å². The SMILES string of the molecule is Nc1nc(CCCl)nc(N2CCSCC2)n1. The summed E-state index contributed by atoms with van der Waals surface area (Å²) in [6, 6.07) is 0. The highest BCUT2D eigenvalue weighted by Gasteiger charge is 2.15. The molecule has 2 rings (SSSR count). The highest BCUT2D eigenvalue weighted by Crippen LogP contribution is 2.16. The first-order valence-corrected chi connectivity index (χ1v) is 6.87. The average Bonchev–Trinajstić information content (AvgIpc) is 2.30. The minimum atomic E-state index is 0.281. The van der Waals surface area contributed by atoms with Crippen molar-refractivity contribution in [3.63, 3.8) is 0 Å². The van der Waals surface area contributed by atoms with Crippen molar-refractivity contribution in [1.82, 2.24) is 15.0 Å². The van der Waals surface area contributed by atoms with E-state index in [0.717, 1.165) is 24.6 Å². The summed E-state index contributed by atoms with van der Waals surface area (Å²) in [5.41, 5.74) is 5.66. The maximum Gasteiger partial charge on any atom is 0.230 e.